The quantitative estimate of drug-likeness (QED) is 0.0347. The van der Waals surface area contributed by atoms with E-state index in [1.165, 1.54) is 205 Å². The van der Waals surface area contributed by atoms with Gasteiger partial charge in [-0.2, -0.15) is 0 Å². The molecule has 2 amide bonds. The van der Waals surface area contributed by atoms with Crippen molar-refractivity contribution in [1.82, 2.24) is 10.6 Å². The first-order valence-electron chi connectivity index (χ1n) is 30.4. The normalized spacial score (nSPS) is 12.0. The minimum Gasteiger partial charge on any atom is -0.462 e. The Morgan fingerprint density at radius 2 is 0.543 bits per heavy atom. The van der Waals surface area contributed by atoms with Gasteiger partial charge in [-0.25, -0.2) is 0 Å². The number of carbonyl (C=O) groups is 4. The zero-order chi connectivity index (χ0) is 51.6. The molecule has 10 nitrogen and oxygen atoms in total. The van der Waals surface area contributed by atoms with Crippen LogP contribution in [-0.4, -0.2) is 72.5 Å². The maximum absolute atomic E-state index is 12.4. The molecule has 0 aliphatic carbocycles. The van der Waals surface area contributed by atoms with Gasteiger partial charge in [0.1, 0.15) is 12.2 Å². The van der Waals surface area contributed by atoms with E-state index < -0.39 is 0 Å². The summed E-state index contributed by atoms with van der Waals surface area (Å²) in [6.45, 7) is 9.33. The number of amides is 2. The number of carbonyl (C=O) groups excluding carboxylic acids is 4. The molecule has 0 bridgehead atoms. The molecule has 0 aliphatic heterocycles. The van der Waals surface area contributed by atoms with Crippen LogP contribution in [0.4, 0.5) is 0 Å². The SMILES string of the molecule is CCCCCCCCCCCCCC(=O)O[C@H](CCCCCCCCCCC)CC(=O)NCCO.CCCCCCCCCCCCCC(=O)O[C@H](CCCCCCCCCCC)CC(=O)NCCO. The third-order valence-corrected chi connectivity index (χ3v) is 13.5. The van der Waals surface area contributed by atoms with Crippen molar-refractivity contribution >= 4 is 23.8 Å². The van der Waals surface area contributed by atoms with Crippen molar-refractivity contribution in [2.75, 3.05) is 26.3 Å². The third kappa shape index (κ3) is 56.7. The predicted molar refractivity (Wildman–Crippen MR) is 295 cm³/mol. The maximum atomic E-state index is 12.4. The van der Waals surface area contributed by atoms with Crippen LogP contribution < -0.4 is 10.6 Å². The molecule has 0 rings (SSSR count). The van der Waals surface area contributed by atoms with Gasteiger partial charge in [-0.15, -0.1) is 0 Å². The Hall–Kier alpha value is -2.20. The molecule has 0 radical (unpaired) electrons. The second kappa shape index (κ2) is 59.4. The number of rotatable bonds is 54. The molecule has 4 N–H and O–H groups in total. The predicted octanol–water partition coefficient (Wildman–Crippen LogP) is 16.0. The second-order valence-electron chi connectivity index (χ2n) is 20.6. The fraction of sp³-hybridized carbons (Fsp3) is 0.933. The lowest BCUT2D eigenvalue weighted by molar-refractivity contribution is -0.152. The Bertz CT molecular complexity index is 1020. The monoisotopic (exact) mass is 995 g/mol. The molecule has 70 heavy (non-hydrogen) atoms. The average Bonchev–Trinajstić information content (AvgIpc) is 3.35. The van der Waals surface area contributed by atoms with E-state index in [9.17, 15) is 19.2 Å². The molecule has 416 valence electrons. The summed E-state index contributed by atoms with van der Waals surface area (Å²) < 4.78 is 11.4. The summed E-state index contributed by atoms with van der Waals surface area (Å²) in [5, 5.41) is 23.2. The van der Waals surface area contributed by atoms with E-state index in [0.717, 1.165) is 64.2 Å². The first-order chi connectivity index (χ1) is 34.3. The van der Waals surface area contributed by atoms with Crippen molar-refractivity contribution in [2.24, 2.45) is 0 Å². The Labute approximate surface area is 433 Å². The highest BCUT2D eigenvalue weighted by Gasteiger charge is 2.19. The zero-order valence-electron chi connectivity index (χ0n) is 46.9. The third-order valence-electron chi connectivity index (χ3n) is 13.5. The molecule has 0 aromatic rings. The molecule has 0 aliphatic rings. The number of esters is 2. The van der Waals surface area contributed by atoms with Crippen molar-refractivity contribution in [3.63, 3.8) is 0 Å². The van der Waals surface area contributed by atoms with Crippen molar-refractivity contribution in [3.8, 4) is 0 Å². The van der Waals surface area contributed by atoms with Gasteiger partial charge in [0, 0.05) is 25.9 Å². The van der Waals surface area contributed by atoms with Crippen molar-refractivity contribution in [1.29, 1.82) is 0 Å². The van der Waals surface area contributed by atoms with Gasteiger partial charge in [0.05, 0.1) is 26.1 Å². The van der Waals surface area contributed by atoms with Gasteiger partial charge in [-0.05, 0) is 38.5 Å². The Balaban J connectivity index is 0. The molecule has 0 saturated carbocycles. The highest BCUT2D eigenvalue weighted by molar-refractivity contribution is 5.77. The zero-order valence-corrected chi connectivity index (χ0v) is 46.9. The molecule has 0 heterocycles. The molecule has 0 aromatic carbocycles. The lowest BCUT2D eigenvalue weighted by Crippen LogP contribution is -2.31. The summed E-state index contributed by atoms with van der Waals surface area (Å²) in [6.07, 6.45) is 52.1. The lowest BCUT2D eigenvalue weighted by atomic mass is 10.0. The lowest BCUT2D eigenvalue weighted by Gasteiger charge is -2.18. The molecule has 2 atom stereocenters. The standard InChI is InChI=1S/2C30H59NO4/c2*1-3-5-7-9-11-13-14-16-18-20-22-24-30(34)35-28(27-29(33)31-25-26-32)23-21-19-17-15-12-10-8-6-4-2/h2*28,32H,3-27H2,1-2H3,(H,31,33)/t2*28-/m11/s1. The van der Waals surface area contributed by atoms with E-state index in [4.69, 9.17) is 19.7 Å². The summed E-state index contributed by atoms with van der Waals surface area (Å²) in [4.78, 5) is 49.0. The van der Waals surface area contributed by atoms with E-state index in [1.807, 2.05) is 0 Å². The second-order valence-corrected chi connectivity index (χ2v) is 20.6. The fourth-order valence-corrected chi connectivity index (χ4v) is 9.08. The molecule has 10 heteroatoms. The summed E-state index contributed by atoms with van der Waals surface area (Å²) >= 11 is 0. The molecule has 0 spiro atoms. The van der Waals surface area contributed by atoms with E-state index >= 15 is 0 Å². The molecule has 0 aromatic heterocycles. The van der Waals surface area contributed by atoms with Gasteiger partial charge in [0.2, 0.25) is 11.8 Å². The molecule has 0 saturated heterocycles. The van der Waals surface area contributed by atoms with Gasteiger partial charge >= 0.3 is 11.9 Å². The average molecular weight is 996 g/mol. The number of hydrogen-bond donors (Lipinski definition) is 4. The van der Waals surface area contributed by atoms with Crippen LogP contribution in [0.25, 0.3) is 0 Å². The van der Waals surface area contributed by atoms with E-state index in [-0.39, 0.29) is 75.1 Å². The highest BCUT2D eigenvalue weighted by Crippen LogP contribution is 2.19. The minimum absolute atomic E-state index is 0.0761. The Kier molecular flexibility index (Phi) is 59.3. The number of aliphatic hydroxyl groups excluding tert-OH is 2. The van der Waals surface area contributed by atoms with Crippen molar-refractivity contribution in [3.05, 3.63) is 0 Å². The van der Waals surface area contributed by atoms with Crippen LogP contribution in [-0.2, 0) is 28.7 Å². The number of ether oxygens (including phenoxy) is 2. The number of nitrogens with one attached hydrogen (secondary N) is 2. The van der Waals surface area contributed by atoms with Crippen molar-refractivity contribution < 1.29 is 38.9 Å². The topological polar surface area (TPSA) is 151 Å². The number of hydrogen-bond acceptors (Lipinski definition) is 8. The fourth-order valence-electron chi connectivity index (χ4n) is 9.08. The van der Waals surface area contributed by atoms with Gasteiger partial charge in [-0.3, -0.25) is 19.2 Å². The molecule has 0 fully saturated rings. The van der Waals surface area contributed by atoms with Gasteiger partial charge < -0.3 is 30.3 Å². The highest BCUT2D eigenvalue weighted by atomic mass is 16.5. The van der Waals surface area contributed by atoms with Crippen LogP contribution >= 0.6 is 0 Å². The maximum Gasteiger partial charge on any atom is 0.306 e. The Morgan fingerprint density at radius 1 is 0.329 bits per heavy atom. The minimum atomic E-state index is -0.349. The summed E-state index contributed by atoms with van der Waals surface area (Å²) in [7, 11) is 0. The van der Waals surface area contributed by atoms with Crippen molar-refractivity contribution in [2.45, 2.75) is 335 Å². The Morgan fingerprint density at radius 3 is 0.771 bits per heavy atom. The van der Waals surface area contributed by atoms with Gasteiger partial charge in [0.15, 0.2) is 0 Å². The molecule has 0 unspecified atom stereocenters. The largest absolute Gasteiger partial charge is 0.462 e. The van der Waals surface area contributed by atoms with E-state index in [0.29, 0.717) is 12.8 Å². The number of unbranched alkanes of at least 4 members (excludes halogenated alkanes) is 36. The smallest absolute Gasteiger partial charge is 0.306 e. The first kappa shape index (κ1) is 69.9. The van der Waals surface area contributed by atoms with Gasteiger partial charge in [-0.1, -0.05) is 259 Å². The van der Waals surface area contributed by atoms with E-state index in [1.54, 1.807) is 0 Å². The van der Waals surface area contributed by atoms with Crippen LogP contribution in [0.5, 0.6) is 0 Å². The van der Waals surface area contributed by atoms with Crippen LogP contribution in [0, 0.1) is 0 Å². The van der Waals surface area contributed by atoms with Crippen LogP contribution in [0.1, 0.15) is 323 Å². The van der Waals surface area contributed by atoms with Crippen LogP contribution in [0.2, 0.25) is 0 Å². The van der Waals surface area contributed by atoms with E-state index in [2.05, 4.69) is 38.3 Å². The summed E-state index contributed by atoms with van der Waals surface area (Å²) in [6, 6.07) is 0. The number of aliphatic hydroxyl groups is 2. The summed E-state index contributed by atoms with van der Waals surface area (Å²) in [5.41, 5.74) is 0. The van der Waals surface area contributed by atoms with Crippen LogP contribution in [0.15, 0.2) is 0 Å². The van der Waals surface area contributed by atoms with Gasteiger partial charge in [0.25, 0.3) is 0 Å². The summed E-state index contributed by atoms with van der Waals surface area (Å²) in [5.74, 6) is -0.640. The first-order valence-corrected chi connectivity index (χ1v) is 30.4. The molecular formula is C60H118N2O8. The molecular weight excluding hydrogens is 877 g/mol. The van der Waals surface area contributed by atoms with Crippen LogP contribution in [0.3, 0.4) is 0 Å².